The minimum Gasteiger partial charge on any atom is -0.493 e. The number of carbonyl (C=O) groups is 1. The first-order valence-electron chi connectivity index (χ1n) is 11.4. The highest BCUT2D eigenvalue weighted by Gasteiger charge is 2.25. The van der Waals surface area contributed by atoms with Crippen molar-refractivity contribution in [2.24, 2.45) is 0 Å². The van der Waals surface area contributed by atoms with Crippen molar-refractivity contribution in [3.63, 3.8) is 0 Å². The molecule has 0 radical (unpaired) electrons. The molecule has 4 rings (SSSR count). The van der Waals surface area contributed by atoms with Gasteiger partial charge in [0.2, 0.25) is 5.75 Å². The van der Waals surface area contributed by atoms with Crippen molar-refractivity contribution in [1.82, 2.24) is 9.88 Å². The van der Waals surface area contributed by atoms with Crippen LogP contribution in [0.25, 0.3) is 10.2 Å². The van der Waals surface area contributed by atoms with Crippen molar-refractivity contribution in [2.75, 3.05) is 65.6 Å². The van der Waals surface area contributed by atoms with Crippen LogP contribution >= 0.6 is 11.3 Å². The number of anilines is 1. The van der Waals surface area contributed by atoms with Crippen LogP contribution in [0.3, 0.4) is 0 Å². The minimum absolute atomic E-state index is 0.165. The minimum atomic E-state index is -0.165. The average molecular weight is 486 g/mol. The Morgan fingerprint density at radius 2 is 1.79 bits per heavy atom. The van der Waals surface area contributed by atoms with Gasteiger partial charge < -0.3 is 18.9 Å². The molecule has 2 aromatic carbocycles. The Morgan fingerprint density at radius 3 is 2.41 bits per heavy atom. The van der Waals surface area contributed by atoms with Crippen molar-refractivity contribution in [1.29, 1.82) is 0 Å². The number of hydrogen-bond acceptors (Lipinski definition) is 8. The molecule has 0 bridgehead atoms. The van der Waals surface area contributed by atoms with Crippen LogP contribution in [0.1, 0.15) is 22.8 Å². The Morgan fingerprint density at radius 1 is 1.09 bits per heavy atom. The van der Waals surface area contributed by atoms with Crippen molar-refractivity contribution < 1.29 is 23.7 Å². The van der Waals surface area contributed by atoms with Crippen molar-refractivity contribution >= 4 is 32.6 Å². The highest BCUT2D eigenvalue weighted by molar-refractivity contribution is 7.22. The predicted octanol–water partition coefficient (Wildman–Crippen LogP) is 3.86. The number of rotatable bonds is 9. The van der Waals surface area contributed by atoms with Gasteiger partial charge in [0.1, 0.15) is 0 Å². The standard InChI is InChI=1S/C25H31N3O5S/c1-5-17-6-7-19-22(14-17)34-25(26-19)28(9-8-27-10-12-33-13-11-27)24(29)18-15-20(30-2)23(32-4)21(16-18)31-3/h6-7,14-16H,5,8-13H2,1-4H3. The zero-order valence-corrected chi connectivity index (χ0v) is 20.9. The second kappa shape index (κ2) is 11.0. The van der Waals surface area contributed by atoms with E-state index in [1.54, 1.807) is 38.4 Å². The predicted molar refractivity (Wildman–Crippen MR) is 134 cm³/mol. The first-order valence-corrected chi connectivity index (χ1v) is 12.2. The summed E-state index contributed by atoms with van der Waals surface area (Å²) in [4.78, 5) is 22.7. The zero-order valence-electron chi connectivity index (χ0n) is 20.1. The summed E-state index contributed by atoms with van der Waals surface area (Å²) in [5.41, 5.74) is 2.59. The Hall–Kier alpha value is -2.88. The fourth-order valence-corrected chi connectivity index (χ4v) is 5.06. The van der Waals surface area contributed by atoms with E-state index in [9.17, 15) is 4.79 Å². The molecule has 1 amide bonds. The molecule has 9 heteroatoms. The fraction of sp³-hybridized carbons (Fsp3) is 0.440. The van der Waals surface area contributed by atoms with Gasteiger partial charge in [-0.25, -0.2) is 4.98 Å². The molecule has 1 fully saturated rings. The number of fused-ring (bicyclic) bond motifs is 1. The lowest BCUT2D eigenvalue weighted by molar-refractivity contribution is 0.0391. The number of benzene rings is 2. The van der Waals surface area contributed by atoms with E-state index in [1.165, 1.54) is 16.9 Å². The summed E-state index contributed by atoms with van der Waals surface area (Å²) in [5.74, 6) is 1.17. The van der Waals surface area contributed by atoms with E-state index >= 15 is 0 Å². The molecule has 1 aliphatic rings. The van der Waals surface area contributed by atoms with Crippen molar-refractivity contribution in [2.45, 2.75) is 13.3 Å². The number of nitrogens with zero attached hydrogens (tertiary/aromatic N) is 3. The molecular formula is C25H31N3O5S. The molecule has 1 aromatic heterocycles. The van der Waals surface area contributed by atoms with Gasteiger partial charge in [0, 0.05) is 31.7 Å². The van der Waals surface area contributed by atoms with Gasteiger partial charge in [-0.1, -0.05) is 24.3 Å². The summed E-state index contributed by atoms with van der Waals surface area (Å²) in [6, 6.07) is 9.64. The molecule has 2 heterocycles. The van der Waals surface area contributed by atoms with Crippen LogP contribution in [0.4, 0.5) is 5.13 Å². The molecule has 0 N–H and O–H groups in total. The van der Waals surface area contributed by atoms with Crippen LogP contribution in [0.5, 0.6) is 17.2 Å². The van der Waals surface area contributed by atoms with Crippen LogP contribution in [-0.4, -0.2) is 76.5 Å². The van der Waals surface area contributed by atoms with E-state index in [-0.39, 0.29) is 5.91 Å². The summed E-state index contributed by atoms with van der Waals surface area (Å²) in [5, 5.41) is 0.676. The van der Waals surface area contributed by atoms with Gasteiger partial charge in [0.05, 0.1) is 44.8 Å². The third-order valence-electron chi connectivity index (χ3n) is 5.98. The average Bonchev–Trinajstić information content (AvgIpc) is 3.31. The molecule has 182 valence electrons. The Labute approximate surface area is 204 Å². The van der Waals surface area contributed by atoms with E-state index in [2.05, 4.69) is 24.0 Å². The van der Waals surface area contributed by atoms with Gasteiger partial charge in [-0.15, -0.1) is 0 Å². The molecule has 0 saturated carbocycles. The fourth-order valence-electron chi connectivity index (χ4n) is 4.00. The first kappa shape index (κ1) is 24.3. The molecule has 8 nitrogen and oxygen atoms in total. The number of amides is 1. The number of thiazole rings is 1. The molecule has 34 heavy (non-hydrogen) atoms. The number of aromatic nitrogens is 1. The van der Waals surface area contributed by atoms with E-state index in [0.717, 1.165) is 36.3 Å². The van der Waals surface area contributed by atoms with Crippen LogP contribution < -0.4 is 19.1 Å². The normalized spacial score (nSPS) is 14.2. The smallest absolute Gasteiger partial charge is 0.260 e. The topological polar surface area (TPSA) is 73.4 Å². The lowest BCUT2D eigenvalue weighted by atomic mass is 10.1. The van der Waals surface area contributed by atoms with Gasteiger partial charge in [-0.3, -0.25) is 14.6 Å². The van der Waals surface area contributed by atoms with Crippen molar-refractivity contribution in [3.05, 3.63) is 41.5 Å². The zero-order chi connectivity index (χ0) is 24.1. The Bertz CT molecular complexity index is 1120. The van der Waals surface area contributed by atoms with Gasteiger partial charge in [-0.05, 0) is 36.2 Å². The van der Waals surface area contributed by atoms with Gasteiger partial charge in [0.15, 0.2) is 16.6 Å². The first-order chi connectivity index (χ1) is 16.6. The molecule has 0 spiro atoms. The van der Waals surface area contributed by atoms with Crippen LogP contribution in [0.2, 0.25) is 0 Å². The van der Waals surface area contributed by atoms with E-state index in [1.807, 2.05) is 6.07 Å². The van der Waals surface area contributed by atoms with E-state index in [4.69, 9.17) is 23.9 Å². The molecular weight excluding hydrogens is 454 g/mol. The number of morpholine rings is 1. The maximum atomic E-state index is 13.9. The van der Waals surface area contributed by atoms with Gasteiger partial charge >= 0.3 is 0 Å². The van der Waals surface area contributed by atoms with Crippen LogP contribution in [0.15, 0.2) is 30.3 Å². The molecule has 3 aromatic rings. The highest BCUT2D eigenvalue weighted by Crippen LogP contribution is 2.39. The summed E-state index contributed by atoms with van der Waals surface area (Å²) >= 11 is 1.54. The molecule has 0 atom stereocenters. The molecule has 1 saturated heterocycles. The Balaban J connectivity index is 1.70. The number of aryl methyl sites for hydroxylation is 1. The van der Waals surface area contributed by atoms with Crippen LogP contribution in [0, 0.1) is 0 Å². The highest BCUT2D eigenvalue weighted by atomic mass is 32.1. The summed E-state index contributed by atoms with van der Waals surface area (Å²) < 4.78 is 22.9. The SMILES string of the molecule is CCc1ccc2nc(N(CCN3CCOCC3)C(=O)c3cc(OC)c(OC)c(OC)c3)sc2c1. The van der Waals surface area contributed by atoms with E-state index < -0.39 is 0 Å². The Kier molecular flexibility index (Phi) is 7.87. The largest absolute Gasteiger partial charge is 0.493 e. The summed E-state index contributed by atoms with van der Waals surface area (Å²) in [6.07, 6.45) is 0.953. The third kappa shape index (κ3) is 5.11. The number of hydrogen-bond donors (Lipinski definition) is 0. The number of carbonyl (C=O) groups excluding carboxylic acids is 1. The third-order valence-corrected chi connectivity index (χ3v) is 7.02. The quantitative estimate of drug-likeness (QED) is 0.456. The second-order valence-corrected chi connectivity index (χ2v) is 8.99. The lowest BCUT2D eigenvalue weighted by Gasteiger charge is -2.29. The monoisotopic (exact) mass is 485 g/mol. The number of ether oxygens (including phenoxy) is 4. The summed E-state index contributed by atoms with van der Waals surface area (Å²) in [7, 11) is 4.63. The van der Waals surface area contributed by atoms with Gasteiger partial charge in [0.25, 0.3) is 5.91 Å². The maximum absolute atomic E-state index is 13.9. The van der Waals surface area contributed by atoms with Crippen molar-refractivity contribution in [3.8, 4) is 17.2 Å². The molecule has 0 unspecified atom stereocenters. The number of methoxy groups -OCH3 is 3. The second-order valence-electron chi connectivity index (χ2n) is 7.98. The van der Waals surface area contributed by atoms with Gasteiger partial charge in [-0.2, -0.15) is 0 Å². The maximum Gasteiger partial charge on any atom is 0.260 e. The molecule has 1 aliphatic heterocycles. The van der Waals surface area contributed by atoms with Crippen LogP contribution in [-0.2, 0) is 11.2 Å². The van der Waals surface area contributed by atoms with E-state index in [0.29, 0.717) is 47.7 Å². The summed E-state index contributed by atoms with van der Waals surface area (Å²) in [6.45, 7) is 6.50. The lowest BCUT2D eigenvalue weighted by Crippen LogP contribution is -2.43. The molecule has 0 aliphatic carbocycles.